The number of halogens is 3. The fourth-order valence-corrected chi connectivity index (χ4v) is 4.45. The van der Waals surface area contributed by atoms with Gasteiger partial charge in [0, 0.05) is 49.6 Å². The molecule has 0 radical (unpaired) electrons. The first-order chi connectivity index (χ1) is 14.3. The number of carbonyl (C=O) groups is 1. The Kier molecular flexibility index (Phi) is 5.62. The van der Waals surface area contributed by atoms with E-state index in [1.54, 1.807) is 18.3 Å². The van der Waals surface area contributed by atoms with Crippen molar-refractivity contribution in [3.8, 4) is 11.4 Å². The van der Waals surface area contributed by atoms with E-state index >= 15 is 0 Å². The zero-order valence-electron chi connectivity index (χ0n) is 16.7. The Bertz CT molecular complexity index is 905. The smallest absolute Gasteiger partial charge is 0.356 e. The Morgan fingerprint density at radius 2 is 2.03 bits per heavy atom. The predicted molar refractivity (Wildman–Crippen MR) is 106 cm³/mol. The molecule has 2 fully saturated rings. The number of rotatable bonds is 4. The second-order valence-electron chi connectivity index (χ2n) is 8.03. The molecule has 1 aliphatic carbocycles. The summed E-state index contributed by atoms with van der Waals surface area (Å²) in [6.07, 6.45) is 1.61. The van der Waals surface area contributed by atoms with Gasteiger partial charge in [0.15, 0.2) is 11.5 Å². The van der Waals surface area contributed by atoms with E-state index in [4.69, 9.17) is 0 Å². The van der Waals surface area contributed by atoms with Crippen LogP contribution in [0.25, 0.3) is 11.4 Å². The van der Waals surface area contributed by atoms with Crippen molar-refractivity contribution in [3.63, 3.8) is 0 Å². The maximum absolute atomic E-state index is 13.5. The van der Waals surface area contributed by atoms with Crippen molar-refractivity contribution in [1.29, 1.82) is 0 Å². The molecular formula is C21H24F3N5O. The first kappa shape index (κ1) is 20.6. The van der Waals surface area contributed by atoms with E-state index in [1.807, 2.05) is 11.8 Å². The number of nitrogens with one attached hydrogen (secondary N) is 1. The van der Waals surface area contributed by atoms with Crippen LogP contribution in [0.5, 0.6) is 0 Å². The number of hydrogen-bond acceptors (Lipinski definition) is 5. The van der Waals surface area contributed by atoms with E-state index in [0.29, 0.717) is 42.7 Å². The molecule has 2 aliphatic rings. The summed E-state index contributed by atoms with van der Waals surface area (Å²) in [5, 5.41) is 3.06. The number of nitrogens with zero attached hydrogens (tertiary/aromatic N) is 4. The molecule has 2 aromatic heterocycles. The SMILES string of the molecule is CCC(=O)NC1CCC2CN(c3cc(C(F)(F)F)nc(-c4cccnc4)n3)CC2C1. The number of anilines is 1. The normalized spacial score (nSPS) is 23.9. The second-order valence-corrected chi connectivity index (χ2v) is 8.03. The van der Waals surface area contributed by atoms with Crippen LogP contribution in [0.15, 0.2) is 30.6 Å². The first-order valence-corrected chi connectivity index (χ1v) is 10.2. The fraction of sp³-hybridized carbons (Fsp3) is 0.524. The summed E-state index contributed by atoms with van der Waals surface area (Å²) in [5.74, 6) is 1.08. The van der Waals surface area contributed by atoms with Gasteiger partial charge in [0.25, 0.3) is 0 Å². The van der Waals surface area contributed by atoms with E-state index in [1.165, 1.54) is 6.20 Å². The van der Waals surface area contributed by atoms with Crippen molar-refractivity contribution in [3.05, 3.63) is 36.3 Å². The van der Waals surface area contributed by atoms with E-state index < -0.39 is 11.9 Å². The average Bonchev–Trinajstić information content (AvgIpc) is 3.17. The van der Waals surface area contributed by atoms with Crippen LogP contribution in [0.4, 0.5) is 19.0 Å². The topological polar surface area (TPSA) is 71.0 Å². The van der Waals surface area contributed by atoms with E-state index in [-0.39, 0.29) is 17.8 Å². The zero-order valence-corrected chi connectivity index (χ0v) is 16.7. The summed E-state index contributed by atoms with van der Waals surface area (Å²) >= 11 is 0. The largest absolute Gasteiger partial charge is 0.433 e. The number of hydrogen-bond donors (Lipinski definition) is 1. The van der Waals surface area contributed by atoms with Gasteiger partial charge in [-0.25, -0.2) is 9.97 Å². The lowest BCUT2D eigenvalue weighted by molar-refractivity contribution is -0.141. The second kappa shape index (κ2) is 8.20. The number of amides is 1. The van der Waals surface area contributed by atoms with Gasteiger partial charge in [-0.3, -0.25) is 9.78 Å². The molecule has 1 saturated heterocycles. The van der Waals surface area contributed by atoms with Gasteiger partial charge in [-0.1, -0.05) is 6.92 Å². The van der Waals surface area contributed by atoms with E-state index in [0.717, 1.165) is 25.3 Å². The first-order valence-electron chi connectivity index (χ1n) is 10.2. The highest BCUT2D eigenvalue weighted by atomic mass is 19.4. The molecule has 0 bridgehead atoms. The highest BCUT2D eigenvalue weighted by Gasteiger charge is 2.40. The third-order valence-corrected chi connectivity index (χ3v) is 5.98. The highest BCUT2D eigenvalue weighted by molar-refractivity contribution is 5.75. The van der Waals surface area contributed by atoms with Gasteiger partial charge in [-0.05, 0) is 43.2 Å². The molecule has 0 aromatic carbocycles. The van der Waals surface area contributed by atoms with Crippen LogP contribution in [-0.2, 0) is 11.0 Å². The summed E-state index contributed by atoms with van der Waals surface area (Å²) in [7, 11) is 0. The van der Waals surface area contributed by atoms with Gasteiger partial charge < -0.3 is 10.2 Å². The molecule has 0 spiro atoms. The van der Waals surface area contributed by atoms with Crippen LogP contribution in [0.1, 0.15) is 38.3 Å². The van der Waals surface area contributed by atoms with Crippen molar-refractivity contribution in [2.75, 3.05) is 18.0 Å². The van der Waals surface area contributed by atoms with Crippen molar-refractivity contribution in [2.45, 2.75) is 44.8 Å². The van der Waals surface area contributed by atoms with Crippen LogP contribution in [0.3, 0.4) is 0 Å². The number of aromatic nitrogens is 3. The molecule has 30 heavy (non-hydrogen) atoms. The van der Waals surface area contributed by atoms with E-state index in [2.05, 4.69) is 20.3 Å². The fourth-order valence-electron chi connectivity index (χ4n) is 4.45. The third kappa shape index (κ3) is 4.39. The molecule has 160 valence electrons. The molecule has 3 unspecified atom stereocenters. The maximum Gasteiger partial charge on any atom is 0.433 e. The summed E-state index contributed by atoms with van der Waals surface area (Å²) in [5.41, 5.74) is -0.502. The van der Waals surface area contributed by atoms with Crippen LogP contribution < -0.4 is 10.2 Å². The van der Waals surface area contributed by atoms with Gasteiger partial charge in [-0.2, -0.15) is 13.2 Å². The van der Waals surface area contributed by atoms with Crippen molar-refractivity contribution in [1.82, 2.24) is 20.3 Å². The molecule has 1 N–H and O–H groups in total. The lowest BCUT2D eigenvalue weighted by Gasteiger charge is -2.31. The lowest BCUT2D eigenvalue weighted by Crippen LogP contribution is -2.40. The van der Waals surface area contributed by atoms with Gasteiger partial charge in [0.05, 0.1) is 0 Å². The molecule has 3 heterocycles. The lowest BCUT2D eigenvalue weighted by atomic mass is 9.79. The van der Waals surface area contributed by atoms with Crippen LogP contribution in [-0.4, -0.2) is 40.0 Å². The van der Waals surface area contributed by atoms with Crippen LogP contribution in [0, 0.1) is 11.8 Å². The monoisotopic (exact) mass is 419 g/mol. The third-order valence-electron chi connectivity index (χ3n) is 5.98. The predicted octanol–water partition coefficient (Wildman–Crippen LogP) is 3.69. The molecule has 1 saturated carbocycles. The van der Waals surface area contributed by atoms with Gasteiger partial charge in [-0.15, -0.1) is 0 Å². The minimum atomic E-state index is -4.56. The molecule has 9 heteroatoms. The van der Waals surface area contributed by atoms with Crippen LogP contribution >= 0.6 is 0 Å². The molecule has 6 nitrogen and oxygen atoms in total. The van der Waals surface area contributed by atoms with Crippen molar-refractivity contribution >= 4 is 11.7 Å². The summed E-state index contributed by atoms with van der Waals surface area (Å²) in [6.45, 7) is 3.12. The van der Waals surface area contributed by atoms with Gasteiger partial charge in [0.1, 0.15) is 5.82 Å². The number of pyridine rings is 1. The molecule has 4 rings (SSSR count). The van der Waals surface area contributed by atoms with E-state index in [9.17, 15) is 18.0 Å². The Hall–Kier alpha value is -2.71. The Morgan fingerprint density at radius 3 is 2.73 bits per heavy atom. The van der Waals surface area contributed by atoms with Gasteiger partial charge >= 0.3 is 6.18 Å². The Labute approximate surface area is 172 Å². The molecule has 3 atom stereocenters. The Balaban J connectivity index is 1.58. The molecular weight excluding hydrogens is 395 g/mol. The highest BCUT2D eigenvalue weighted by Crippen LogP contribution is 2.39. The minimum Gasteiger partial charge on any atom is -0.356 e. The van der Waals surface area contributed by atoms with Crippen molar-refractivity contribution < 1.29 is 18.0 Å². The molecule has 2 aromatic rings. The Morgan fingerprint density at radius 1 is 1.23 bits per heavy atom. The standard InChI is InChI=1S/C21H24F3N5O/c1-2-19(30)26-16-6-5-14-11-29(12-15(14)8-16)18-9-17(21(22,23)24)27-20(28-18)13-4-3-7-25-10-13/h3-4,7,9-10,14-16H,2,5-6,8,11-12H2,1H3,(H,26,30). The minimum absolute atomic E-state index is 0.0240. The summed E-state index contributed by atoms with van der Waals surface area (Å²) in [4.78, 5) is 25.8. The van der Waals surface area contributed by atoms with Crippen LogP contribution in [0.2, 0.25) is 0 Å². The number of alkyl halides is 3. The zero-order chi connectivity index (χ0) is 21.3. The summed E-state index contributed by atoms with van der Waals surface area (Å²) < 4.78 is 40.5. The molecule has 1 aliphatic heterocycles. The summed E-state index contributed by atoms with van der Waals surface area (Å²) in [6, 6.07) is 4.47. The maximum atomic E-state index is 13.5. The molecule has 1 amide bonds. The quantitative estimate of drug-likeness (QED) is 0.819. The number of carbonyl (C=O) groups excluding carboxylic acids is 1. The average molecular weight is 419 g/mol. The van der Waals surface area contributed by atoms with Crippen molar-refractivity contribution in [2.24, 2.45) is 11.8 Å². The number of fused-ring (bicyclic) bond motifs is 1. The van der Waals surface area contributed by atoms with Gasteiger partial charge in [0.2, 0.25) is 5.91 Å².